The lowest BCUT2D eigenvalue weighted by Crippen LogP contribution is -2.32. The van der Waals surface area contributed by atoms with E-state index in [0.717, 1.165) is 38.1 Å². The molecule has 0 saturated carbocycles. The molecule has 2 aromatic heterocycles. The summed E-state index contributed by atoms with van der Waals surface area (Å²) >= 11 is 6.45. The SMILES string of the molecule is Oc1cccc(Cl)c1-c1nc2cnc(NCc3ccc(F)c(F)c3)nc2n1C[C@@H]1CCCNC1. The number of rotatable bonds is 6. The van der Waals surface area contributed by atoms with Gasteiger partial charge in [-0.15, -0.1) is 0 Å². The van der Waals surface area contributed by atoms with Crippen molar-refractivity contribution >= 4 is 28.7 Å². The molecule has 0 spiro atoms. The standard InChI is InChI=1S/C24H23ClF2N6O/c25-16-4-1-5-20(34)21(16)23-31-19-12-30-24(29-11-14-6-7-17(26)18(27)9-14)32-22(19)33(23)13-15-3-2-8-28-10-15/h1,4-7,9,12,15,28,34H,2-3,8,10-11,13H2,(H,29,30,32)/t15-/m1/s1. The normalized spacial score (nSPS) is 16.1. The number of nitrogens with one attached hydrogen (secondary N) is 2. The molecule has 0 bridgehead atoms. The van der Waals surface area contributed by atoms with Gasteiger partial charge in [-0.05, 0) is 61.7 Å². The smallest absolute Gasteiger partial charge is 0.225 e. The molecule has 0 unspecified atom stereocenters. The van der Waals surface area contributed by atoms with Crippen molar-refractivity contribution in [1.82, 2.24) is 24.8 Å². The fourth-order valence-electron chi connectivity index (χ4n) is 4.27. The monoisotopic (exact) mass is 484 g/mol. The zero-order valence-electron chi connectivity index (χ0n) is 18.2. The van der Waals surface area contributed by atoms with Crippen molar-refractivity contribution in [2.24, 2.45) is 5.92 Å². The fraction of sp³-hybridized carbons (Fsp3) is 0.292. The molecule has 7 nitrogen and oxygen atoms in total. The number of piperidine rings is 1. The Bertz CT molecular complexity index is 1320. The molecule has 1 aliphatic rings. The van der Waals surface area contributed by atoms with E-state index in [-0.39, 0.29) is 12.3 Å². The van der Waals surface area contributed by atoms with Gasteiger partial charge < -0.3 is 20.3 Å². The van der Waals surface area contributed by atoms with Gasteiger partial charge in [-0.2, -0.15) is 4.98 Å². The number of aromatic nitrogens is 4. The number of phenolic OH excluding ortho intramolecular Hbond substituents is 1. The molecule has 0 radical (unpaired) electrons. The molecule has 2 aromatic carbocycles. The van der Waals surface area contributed by atoms with Crippen LogP contribution in [0.15, 0.2) is 42.6 Å². The lowest BCUT2D eigenvalue weighted by Gasteiger charge is -2.24. The zero-order chi connectivity index (χ0) is 23.7. The number of nitrogens with zero attached hydrogens (tertiary/aromatic N) is 4. The summed E-state index contributed by atoms with van der Waals surface area (Å²) in [6.07, 6.45) is 3.75. The molecule has 1 fully saturated rings. The summed E-state index contributed by atoms with van der Waals surface area (Å²) in [6.45, 7) is 2.74. The van der Waals surface area contributed by atoms with Crippen LogP contribution in [0.5, 0.6) is 5.75 Å². The third-order valence-corrected chi connectivity index (χ3v) is 6.29. The number of halogens is 3. The number of imidazole rings is 1. The van der Waals surface area contributed by atoms with Crippen molar-refractivity contribution in [3.63, 3.8) is 0 Å². The molecule has 1 atom stereocenters. The Kier molecular flexibility index (Phi) is 6.30. The van der Waals surface area contributed by atoms with Gasteiger partial charge in [0.2, 0.25) is 5.95 Å². The summed E-state index contributed by atoms with van der Waals surface area (Å²) in [5, 5.41) is 17.4. The molecule has 10 heteroatoms. The quantitative estimate of drug-likeness (QED) is 0.366. The summed E-state index contributed by atoms with van der Waals surface area (Å²) in [5.41, 5.74) is 2.17. The minimum atomic E-state index is -0.904. The van der Waals surface area contributed by atoms with Gasteiger partial charge in [0, 0.05) is 13.1 Å². The second kappa shape index (κ2) is 9.52. The van der Waals surface area contributed by atoms with Crippen LogP contribution in [0.4, 0.5) is 14.7 Å². The van der Waals surface area contributed by atoms with E-state index in [9.17, 15) is 13.9 Å². The van der Waals surface area contributed by atoms with E-state index >= 15 is 0 Å². The first-order chi connectivity index (χ1) is 16.5. The number of hydrogen-bond donors (Lipinski definition) is 3. The Morgan fingerprint density at radius 1 is 1.18 bits per heavy atom. The highest BCUT2D eigenvalue weighted by Crippen LogP contribution is 2.37. The first-order valence-corrected chi connectivity index (χ1v) is 11.5. The average molecular weight is 485 g/mol. The Morgan fingerprint density at radius 3 is 2.82 bits per heavy atom. The minimum absolute atomic E-state index is 0.0375. The van der Waals surface area contributed by atoms with Gasteiger partial charge in [0.05, 0.1) is 16.8 Å². The van der Waals surface area contributed by atoms with Crippen molar-refractivity contribution in [3.8, 4) is 17.1 Å². The van der Waals surface area contributed by atoms with Crippen LogP contribution >= 0.6 is 11.6 Å². The molecular weight excluding hydrogens is 462 g/mol. The second-order valence-electron chi connectivity index (χ2n) is 8.40. The lowest BCUT2D eigenvalue weighted by molar-refractivity contribution is 0.341. The van der Waals surface area contributed by atoms with Crippen LogP contribution in [0, 0.1) is 17.6 Å². The number of anilines is 1. The van der Waals surface area contributed by atoms with Gasteiger partial charge in [0.25, 0.3) is 0 Å². The van der Waals surface area contributed by atoms with Crippen LogP contribution in [0.3, 0.4) is 0 Å². The van der Waals surface area contributed by atoms with Crippen molar-refractivity contribution in [2.75, 3.05) is 18.4 Å². The summed E-state index contributed by atoms with van der Waals surface area (Å²) in [7, 11) is 0. The minimum Gasteiger partial charge on any atom is -0.507 e. The van der Waals surface area contributed by atoms with Crippen molar-refractivity contribution in [1.29, 1.82) is 0 Å². The first kappa shape index (κ1) is 22.5. The van der Waals surface area contributed by atoms with E-state index in [4.69, 9.17) is 16.6 Å². The molecule has 34 heavy (non-hydrogen) atoms. The highest BCUT2D eigenvalue weighted by Gasteiger charge is 2.23. The largest absolute Gasteiger partial charge is 0.507 e. The number of phenols is 1. The Labute approximate surface area is 199 Å². The van der Waals surface area contributed by atoms with Gasteiger partial charge >= 0.3 is 0 Å². The molecule has 3 N–H and O–H groups in total. The van der Waals surface area contributed by atoms with E-state index in [1.165, 1.54) is 6.07 Å². The highest BCUT2D eigenvalue weighted by atomic mass is 35.5. The van der Waals surface area contributed by atoms with Gasteiger partial charge in [-0.1, -0.05) is 23.7 Å². The van der Waals surface area contributed by atoms with Crippen LogP contribution in [0.25, 0.3) is 22.6 Å². The second-order valence-corrected chi connectivity index (χ2v) is 8.80. The fourth-order valence-corrected chi connectivity index (χ4v) is 4.52. The van der Waals surface area contributed by atoms with E-state index < -0.39 is 11.6 Å². The van der Waals surface area contributed by atoms with E-state index in [2.05, 4.69) is 20.6 Å². The topological polar surface area (TPSA) is 87.9 Å². The molecule has 0 aliphatic carbocycles. The number of hydrogen-bond acceptors (Lipinski definition) is 6. The van der Waals surface area contributed by atoms with Gasteiger partial charge in [0.1, 0.15) is 17.1 Å². The number of benzene rings is 2. The maximum absolute atomic E-state index is 13.5. The van der Waals surface area contributed by atoms with Crippen LogP contribution in [0.1, 0.15) is 18.4 Å². The van der Waals surface area contributed by atoms with Crippen molar-refractivity contribution in [3.05, 3.63) is 64.8 Å². The molecular formula is C24H23ClF2N6O. The lowest BCUT2D eigenvalue weighted by atomic mass is 9.99. The summed E-state index contributed by atoms with van der Waals surface area (Å²) in [5.74, 6) is -0.540. The number of fused-ring (bicyclic) bond motifs is 1. The molecule has 3 heterocycles. The molecule has 1 aliphatic heterocycles. The third-order valence-electron chi connectivity index (χ3n) is 5.98. The molecule has 4 aromatic rings. The van der Waals surface area contributed by atoms with E-state index in [0.29, 0.717) is 51.5 Å². The van der Waals surface area contributed by atoms with Gasteiger partial charge in [0.15, 0.2) is 17.3 Å². The van der Waals surface area contributed by atoms with Crippen LogP contribution in [0.2, 0.25) is 5.02 Å². The summed E-state index contributed by atoms with van der Waals surface area (Å²) in [6, 6.07) is 8.70. The van der Waals surface area contributed by atoms with Crippen LogP contribution in [-0.2, 0) is 13.1 Å². The molecule has 1 saturated heterocycles. The average Bonchev–Trinajstić information content (AvgIpc) is 3.17. The Balaban J connectivity index is 1.52. The summed E-state index contributed by atoms with van der Waals surface area (Å²) < 4.78 is 28.7. The first-order valence-electron chi connectivity index (χ1n) is 11.1. The predicted molar refractivity (Wildman–Crippen MR) is 127 cm³/mol. The molecule has 0 amide bonds. The van der Waals surface area contributed by atoms with Gasteiger partial charge in [-0.3, -0.25) is 0 Å². The maximum Gasteiger partial charge on any atom is 0.225 e. The van der Waals surface area contributed by atoms with Gasteiger partial charge in [-0.25, -0.2) is 18.7 Å². The summed E-state index contributed by atoms with van der Waals surface area (Å²) in [4.78, 5) is 13.7. The van der Waals surface area contributed by atoms with Crippen LogP contribution < -0.4 is 10.6 Å². The maximum atomic E-state index is 13.5. The predicted octanol–water partition coefficient (Wildman–Crippen LogP) is 4.74. The molecule has 5 rings (SSSR count). The van der Waals surface area contributed by atoms with Crippen molar-refractivity contribution in [2.45, 2.75) is 25.9 Å². The molecule has 176 valence electrons. The Hall–Kier alpha value is -3.30. The number of aromatic hydroxyl groups is 1. The van der Waals surface area contributed by atoms with Crippen molar-refractivity contribution < 1.29 is 13.9 Å². The Morgan fingerprint density at radius 2 is 2.06 bits per heavy atom. The zero-order valence-corrected chi connectivity index (χ0v) is 19.0. The highest BCUT2D eigenvalue weighted by molar-refractivity contribution is 6.33. The van der Waals surface area contributed by atoms with E-state index in [1.807, 2.05) is 4.57 Å². The third kappa shape index (κ3) is 4.53. The van der Waals surface area contributed by atoms with E-state index in [1.54, 1.807) is 24.4 Å². The van der Waals surface area contributed by atoms with Crippen LogP contribution in [-0.4, -0.2) is 37.7 Å².